The molecule has 4 heteroatoms. The van der Waals surface area contributed by atoms with Crippen LogP contribution in [-0.2, 0) is 13.0 Å². The maximum Gasteiger partial charge on any atom is 0.107 e. The molecule has 1 aliphatic heterocycles. The van der Waals surface area contributed by atoms with E-state index in [-0.39, 0.29) is 0 Å². The quantitative estimate of drug-likeness (QED) is 0.868. The van der Waals surface area contributed by atoms with E-state index in [9.17, 15) is 0 Å². The summed E-state index contributed by atoms with van der Waals surface area (Å²) in [5.41, 5.74) is 1.22. The molecule has 0 amide bonds. The third kappa shape index (κ3) is 5.21. The molecule has 2 heterocycles. The summed E-state index contributed by atoms with van der Waals surface area (Å²) in [5, 5.41) is 7.01. The van der Waals surface area contributed by atoms with Crippen LogP contribution in [0.1, 0.15) is 50.2 Å². The molecule has 19 heavy (non-hydrogen) atoms. The molecule has 0 saturated carbocycles. The molecular formula is C15H27N3S. The van der Waals surface area contributed by atoms with E-state index in [4.69, 9.17) is 0 Å². The van der Waals surface area contributed by atoms with E-state index >= 15 is 0 Å². The van der Waals surface area contributed by atoms with Gasteiger partial charge in [-0.05, 0) is 39.3 Å². The molecule has 0 bridgehead atoms. The Kier molecular flexibility index (Phi) is 6.28. The van der Waals surface area contributed by atoms with Gasteiger partial charge in [0.1, 0.15) is 5.01 Å². The average Bonchev–Trinajstić information content (AvgIpc) is 2.73. The molecule has 108 valence electrons. The molecule has 0 radical (unpaired) electrons. The molecule has 1 N–H and O–H groups in total. The Morgan fingerprint density at radius 2 is 2.05 bits per heavy atom. The van der Waals surface area contributed by atoms with Crippen LogP contribution in [0.15, 0.2) is 5.38 Å². The first kappa shape index (κ1) is 14.9. The van der Waals surface area contributed by atoms with Crippen LogP contribution in [0.4, 0.5) is 0 Å². The number of hydrogen-bond acceptors (Lipinski definition) is 4. The van der Waals surface area contributed by atoms with Crippen LogP contribution in [0, 0.1) is 0 Å². The van der Waals surface area contributed by atoms with Crippen LogP contribution in [-0.4, -0.2) is 35.6 Å². The third-order valence-electron chi connectivity index (χ3n) is 3.79. The summed E-state index contributed by atoms with van der Waals surface area (Å²) in [6.45, 7) is 9.10. The van der Waals surface area contributed by atoms with Gasteiger partial charge in [-0.15, -0.1) is 11.3 Å². The molecule has 1 atom stereocenters. The van der Waals surface area contributed by atoms with Crippen LogP contribution in [0.3, 0.4) is 0 Å². The first-order valence-electron chi connectivity index (χ1n) is 7.67. The van der Waals surface area contributed by atoms with Crippen molar-refractivity contribution >= 4 is 11.3 Å². The summed E-state index contributed by atoms with van der Waals surface area (Å²) in [5.74, 6) is 0. The number of likely N-dealkylation sites (tertiary alicyclic amines) is 1. The van der Waals surface area contributed by atoms with Gasteiger partial charge in [0.15, 0.2) is 0 Å². The Morgan fingerprint density at radius 3 is 2.68 bits per heavy atom. The highest BCUT2D eigenvalue weighted by molar-refractivity contribution is 7.09. The molecule has 1 aromatic rings. The van der Waals surface area contributed by atoms with Crippen molar-refractivity contribution in [3.63, 3.8) is 0 Å². The molecule has 3 nitrogen and oxygen atoms in total. The zero-order chi connectivity index (χ0) is 13.5. The van der Waals surface area contributed by atoms with E-state index in [2.05, 4.69) is 34.4 Å². The van der Waals surface area contributed by atoms with Crippen LogP contribution >= 0.6 is 11.3 Å². The van der Waals surface area contributed by atoms with Gasteiger partial charge in [-0.25, -0.2) is 4.98 Å². The van der Waals surface area contributed by atoms with Crippen LogP contribution in [0.25, 0.3) is 0 Å². The molecule has 0 spiro atoms. The van der Waals surface area contributed by atoms with Gasteiger partial charge < -0.3 is 10.2 Å². The summed E-state index contributed by atoms with van der Waals surface area (Å²) >= 11 is 1.78. The van der Waals surface area contributed by atoms with Crippen molar-refractivity contribution in [1.29, 1.82) is 0 Å². The van der Waals surface area contributed by atoms with Crippen molar-refractivity contribution in [2.45, 2.75) is 58.5 Å². The van der Waals surface area contributed by atoms with Gasteiger partial charge in [-0.3, -0.25) is 0 Å². The minimum Gasteiger partial charge on any atom is -0.307 e. The molecule has 1 fully saturated rings. The number of nitrogens with zero attached hydrogens (tertiary/aromatic N) is 2. The van der Waals surface area contributed by atoms with E-state index < -0.39 is 0 Å². The SMILES string of the molecule is CCc1csc(CN[C@H](C)CN2CCCCCC2)n1. The average molecular weight is 281 g/mol. The lowest BCUT2D eigenvalue weighted by Crippen LogP contribution is -2.39. The summed E-state index contributed by atoms with van der Waals surface area (Å²) in [6, 6.07) is 0.548. The highest BCUT2D eigenvalue weighted by atomic mass is 32.1. The van der Waals surface area contributed by atoms with Crippen molar-refractivity contribution in [2.75, 3.05) is 19.6 Å². The van der Waals surface area contributed by atoms with Gasteiger partial charge in [-0.1, -0.05) is 19.8 Å². The second kappa shape index (κ2) is 7.98. The molecule has 2 rings (SSSR count). The monoisotopic (exact) mass is 281 g/mol. The fraction of sp³-hybridized carbons (Fsp3) is 0.800. The Balaban J connectivity index is 1.69. The number of aryl methyl sites for hydroxylation is 1. The Morgan fingerprint density at radius 1 is 1.32 bits per heavy atom. The number of rotatable bonds is 6. The topological polar surface area (TPSA) is 28.2 Å². The fourth-order valence-corrected chi connectivity index (χ4v) is 3.45. The Labute approximate surface area is 121 Å². The van der Waals surface area contributed by atoms with Crippen molar-refractivity contribution in [3.05, 3.63) is 16.1 Å². The highest BCUT2D eigenvalue weighted by Gasteiger charge is 2.12. The van der Waals surface area contributed by atoms with Gasteiger partial charge in [-0.2, -0.15) is 0 Å². The number of nitrogens with one attached hydrogen (secondary N) is 1. The van der Waals surface area contributed by atoms with E-state index in [0.717, 1.165) is 13.0 Å². The first-order chi connectivity index (χ1) is 9.28. The molecule has 0 unspecified atom stereocenters. The second-order valence-electron chi connectivity index (χ2n) is 5.58. The summed E-state index contributed by atoms with van der Waals surface area (Å²) in [7, 11) is 0. The van der Waals surface area contributed by atoms with E-state index in [1.54, 1.807) is 11.3 Å². The zero-order valence-electron chi connectivity index (χ0n) is 12.3. The maximum absolute atomic E-state index is 4.60. The molecule has 0 aromatic carbocycles. The molecule has 1 aliphatic rings. The molecule has 1 saturated heterocycles. The van der Waals surface area contributed by atoms with Crippen LogP contribution in [0.2, 0.25) is 0 Å². The Bertz CT molecular complexity index is 356. The predicted molar refractivity (Wildman–Crippen MR) is 82.7 cm³/mol. The van der Waals surface area contributed by atoms with Crippen molar-refractivity contribution < 1.29 is 0 Å². The summed E-state index contributed by atoms with van der Waals surface area (Å²) in [6.07, 6.45) is 6.62. The van der Waals surface area contributed by atoms with Crippen molar-refractivity contribution in [3.8, 4) is 0 Å². The van der Waals surface area contributed by atoms with Gasteiger partial charge >= 0.3 is 0 Å². The summed E-state index contributed by atoms with van der Waals surface area (Å²) < 4.78 is 0. The minimum atomic E-state index is 0.548. The molecule has 0 aliphatic carbocycles. The zero-order valence-corrected chi connectivity index (χ0v) is 13.1. The normalized spacial score (nSPS) is 19.3. The van der Waals surface area contributed by atoms with Gasteiger partial charge in [0.2, 0.25) is 0 Å². The minimum absolute atomic E-state index is 0.548. The number of thiazole rings is 1. The van der Waals surface area contributed by atoms with E-state index in [1.165, 1.54) is 56.0 Å². The maximum atomic E-state index is 4.60. The lowest BCUT2D eigenvalue weighted by molar-refractivity contribution is 0.255. The second-order valence-corrected chi connectivity index (χ2v) is 6.53. The van der Waals surface area contributed by atoms with E-state index in [0.29, 0.717) is 6.04 Å². The Hall–Kier alpha value is -0.450. The van der Waals surface area contributed by atoms with Gasteiger partial charge in [0, 0.05) is 24.5 Å². The smallest absolute Gasteiger partial charge is 0.107 e. The van der Waals surface area contributed by atoms with Gasteiger partial charge in [0.05, 0.1) is 5.69 Å². The van der Waals surface area contributed by atoms with Crippen LogP contribution in [0.5, 0.6) is 0 Å². The van der Waals surface area contributed by atoms with Crippen molar-refractivity contribution in [1.82, 2.24) is 15.2 Å². The van der Waals surface area contributed by atoms with Crippen molar-refractivity contribution in [2.24, 2.45) is 0 Å². The third-order valence-corrected chi connectivity index (χ3v) is 4.69. The lowest BCUT2D eigenvalue weighted by atomic mass is 10.2. The lowest BCUT2D eigenvalue weighted by Gasteiger charge is -2.24. The van der Waals surface area contributed by atoms with E-state index in [1.807, 2.05) is 0 Å². The van der Waals surface area contributed by atoms with Gasteiger partial charge in [0.25, 0.3) is 0 Å². The predicted octanol–water partition coefficient (Wildman–Crippen LogP) is 3.06. The van der Waals surface area contributed by atoms with Crippen LogP contribution < -0.4 is 5.32 Å². The highest BCUT2D eigenvalue weighted by Crippen LogP contribution is 2.11. The molecular weight excluding hydrogens is 254 g/mol. The first-order valence-corrected chi connectivity index (χ1v) is 8.55. The standard InChI is InChI=1S/C15H27N3S/c1-3-14-12-19-15(17-14)10-16-13(2)11-18-8-6-4-5-7-9-18/h12-13,16H,3-11H2,1-2H3/t13-/m1/s1. The fourth-order valence-electron chi connectivity index (χ4n) is 2.62. The summed E-state index contributed by atoms with van der Waals surface area (Å²) in [4.78, 5) is 7.22. The molecule has 1 aromatic heterocycles. The number of hydrogen-bond donors (Lipinski definition) is 1. The largest absolute Gasteiger partial charge is 0.307 e. The number of aromatic nitrogens is 1.